The molecule has 4 rings (SSSR count). The molecule has 0 spiro atoms. The number of urea groups is 1. The normalized spacial score (nSPS) is 20.1. The van der Waals surface area contributed by atoms with Gasteiger partial charge in [-0.2, -0.15) is 0 Å². The average molecular weight is 392 g/mol. The summed E-state index contributed by atoms with van der Waals surface area (Å²) in [5.41, 5.74) is 6.36. The number of amides is 2. The first-order chi connectivity index (χ1) is 13.2. The molecule has 1 atom stereocenters. The summed E-state index contributed by atoms with van der Waals surface area (Å²) >= 11 is 0. The summed E-state index contributed by atoms with van der Waals surface area (Å²) in [6, 6.07) is 2.01. The largest absolute Gasteiger partial charge is 0.379 e. The van der Waals surface area contributed by atoms with Gasteiger partial charge in [0.25, 0.3) is 0 Å². The van der Waals surface area contributed by atoms with Crippen molar-refractivity contribution in [3.8, 4) is 0 Å². The summed E-state index contributed by atoms with van der Waals surface area (Å²) in [5.74, 6) is 0.482. The maximum Gasteiger partial charge on any atom is 0.331 e. The van der Waals surface area contributed by atoms with Gasteiger partial charge in [-0.05, 0) is 73.7 Å². The van der Waals surface area contributed by atoms with E-state index in [2.05, 4.69) is 21.0 Å². The minimum absolute atomic E-state index is 0.339. The molecule has 148 valence electrons. The average Bonchev–Trinajstić information content (AvgIpc) is 3.31. The van der Waals surface area contributed by atoms with Gasteiger partial charge in [-0.3, -0.25) is 9.62 Å². The van der Waals surface area contributed by atoms with E-state index in [1.807, 2.05) is 0 Å². The van der Waals surface area contributed by atoms with Gasteiger partial charge in [-0.15, -0.1) is 0 Å². The molecule has 1 aliphatic heterocycles. The molecule has 1 aromatic carbocycles. The third kappa shape index (κ3) is 4.52. The lowest BCUT2D eigenvalue weighted by Gasteiger charge is -2.26. The molecule has 2 N–H and O–H groups in total. The highest BCUT2D eigenvalue weighted by molar-refractivity contribution is 7.83. The fraction of sp³-hybridized carbons (Fsp3) is 0.650. The lowest BCUT2D eigenvalue weighted by molar-refractivity contribution is 0.0381. The molecule has 2 amide bonds. The summed E-state index contributed by atoms with van der Waals surface area (Å²) in [4.78, 5) is 14.8. The molecule has 27 heavy (non-hydrogen) atoms. The topological polar surface area (TPSA) is 70.7 Å². The minimum atomic E-state index is -1.34. The minimum Gasteiger partial charge on any atom is -0.379 e. The summed E-state index contributed by atoms with van der Waals surface area (Å²) in [5, 5.41) is 3.04. The third-order valence-electron chi connectivity index (χ3n) is 5.83. The standard InChI is InChI=1S/C20H29N3O3S/c24-20(22-27(25)13-3-8-23-9-11-26-12-10-23)21-19-17-6-1-4-15(17)14-16-5-2-7-18(16)19/h14H,1-13H2,(H2,21,22,24). The molecule has 1 unspecified atom stereocenters. The molecule has 3 aliphatic rings. The summed E-state index contributed by atoms with van der Waals surface area (Å²) in [7, 11) is -1.34. The van der Waals surface area contributed by atoms with E-state index in [1.54, 1.807) is 0 Å². The first-order valence-electron chi connectivity index (χ1n) is 10.1. The number of carbonyl (C=O) groups excluding carboxylic acids is 1. The Morgan fingerprint density at radius 2 is 1.74 bits per heavy atom. The number of nitrogens with one attached hydrogen (secondary N) is 2. The molecule has 7 heteroatoms. The maximum absolute atomic E-state index is 12.4. The molecule has 0 saturated carbocycles. The Morgan fingerprint density at radius 1 is 1.07 bits per heavy atom. The van der Waals surface area contributed by atoms with Gasteiger partial charge in [-0.1, -0.05) is 6.07 Å². The Bertz CT molecular complexity index is 699. The molecule has 1 aromatic rings. The van der Waals surface area contributed by atoms with Crippen LogP contribution < -0.4 is 10.0 Å². The van der Waals surface area contributed by atoms with Crippen molar-refractivity contribution in [2.45, 2.75) is 44.9 Å². The number of carbonyl (C=O) groups is 1. The van der Waals surface area contributed by atoms with E-state index in [4.69, 9.17) is 4.74 Å². The van der Waals surface area contributed by atoms with E-state index in [1.165, 1.54) is 22.3 Å². The number of fused-ring (bicyclic) bond motifs is 2. The zero-order valence-corrected chi connectivity index (χ0v) is 16.7. The van der Waals surface area contributed by atoms with Crippen LogP contribution in [0.5, 0.6) is 0 Å². The van der Waals surface area contributed by atoms with Crippen LogP contribution in [-0.4, -0.2) is 53.7 Å². The number of hydrogen-bond acceptors (Lipinski definition) is 4. The van der Waals surface area contributed by atoms with Crippen LogP contribution in [0.25, 0.3) is 0 Å². The molecule has 1 fully saturated rings. The van der Waals surface area contributed by atoms with Crippen LogP contribution in [0.1, 0.15) is 41.5 Å². The number of morpholine rings is 1. The van der Waals surface area contributed by atoms with Crippen molar-refractivity contribution in [2.75, 3.05) is 43.9 Å². The monoisotopic (exact) mass is 391 g/mol. The molecular weight excluding hydrogens is 362 g/mol. The lowest BCUT2D eigenvalue weighted by atomic mass is 9.99. The number of ether oxygens (including phenoxy) is 1. The van der Waals surface area contributed by atoms with Crippen LogP contribution in [0.3, 0.4) is 0 Å². The Kier molecular flexibility index (Phi) is 6.10. The molecule has 1 heterocycles. The second-order valence-corrected chi connectivity index (χ2v) is 8.95. The Hall–Kier alpha value is -1.44. The maximum atomic E-state index is 12.4. The molecule has 0 radical (unpaired) electrons. The highest BCUT2D eigenvalue weighted by Gasteiger charge is 2.25. The Balaban J connectivity index is 1.30. The second-order valence-electron chi connectivity index (χ2n) is 7.65. The first-order valence-corrected chi connectivity index (χ1v) is 11.5. The SMILES string of the molecule is O=C(Nc1c2c(cc3c1CCC3)CCC2)NS(=O)CCCN1CCOCC1. The quantitative estimate of drug-likeness (QED) is 0.780. The molecular formula is C20H29N3O3S. The number of benzene rings is 1. The number of nitrogens with zero attached hydrogens (tertiary/aromatic N) is 1. The van der Waals surface area contributed by atoms with E-state index in [0.29, 0.717) is 5.75 Å². The summed E-state index contributed by atoms with van der Waals surface area (Å²) in [6.07, 6.45) is 7.38. The molecule has 0 bridgehead atoms. The van der Waals surface area contributed by atoms with Gasteiger partial charge in [0, 0.05) is 24.5 Å². The van der Waals surface area contributed by atoms with Gasteiger partial charge in [0.2, 0.25) is 0 Å². The van der Waals surface area contributed by atoms with E-state index in [9.17, 15) is 9.00 Å². The van der Waals surface area contributed by atoms with Gasteiger partial charge in [0.15, 0.2) is 0 Å². The predicted molar refractivity (Wildman–Crippen MR) is 108 cm³/mol. The van der Waals surface area contributed by atoms with Crippen LogP contribution in [0.2, 0.25) is 0 Å². The highest BCUT2D eigenvalue weighted by atomic mass is 32.2. The van der Waals surface area contributed by atoms with Crippen molar-refractivity contribution in [1.82, 2.24) is 9.62 Å². The van der Waals surface area contributed by atoms with Gasteiger partial charge < -0.3 is 10.1 Å². The van der Waals surface area contributed by atoms with E-state index >= 15 is 0 Å². The van der Waals surface area contributed by atoms with Gasteiger partial charge >= 0.3 is 6.03 Å². The zero-order valence-electron chi connectivity index (χ0n) is 15.8. The lowest BCUT2D eigenvalue weighted by Crippen LogP contribution is -2.38. The van der Waals surface area contributed by atoms with E-state index in [-0.39, 0.29) is 6.03 Å². The van der Waals surface area contributed by atoms with Gasteiger partial charge in [-0.25, -0.2) is 9.00 Å². The van der Waals surface area contributed by atoms with E-state index in [0.717, 1.165) is 83.5 Å². The van der Waals surface area contributed by atoms with Crippen molar-refractivity contribution in [3.05, 3.63) is 28.3 Å². The van der Waals surface area contributed by atoms with Gasteiger partial charge in [0.05, 0.1) is 13.2 Å². The third-order valence-corrected chi connectivity index (χ3v) is 6.90. The Labute approximate surface area is 163 Å². The fourth-order valence-electron chi connectivity index (χ4n) is 4.50. The summed E-state index contributed by atoms with van der Waals surface area (Å²) < 4.78 is 20.2. The zero-order chi connectivity index (χ0) is 18.6. The van der Waals surface area contributed by atoms with Crippen LogP contribution in [0.4, 0.5) is 10.5 Å². The van der Waals surface area contributed by atoms with Crippen LogP contribution >= 0.6 is 0 Å². The van der Waals surface area contributed by atoms with Crippen molar-refractivity contribution in [2.24, 2.45) is 0 Å². The van der Waals surface area contributed by atoms with E-state index < -0.39 is 11.0 Å². The number of aryl methyl sites for hydroxylation is 2. The second kappa shape index (κ2) is 8.71. The fourth-order valence-corrected chi connectivity index (χ4v) is 5.26. The van der Waals surface area contributed by atoms with Crippen molar-refractivity contribution < 1.29 is 13.7 Å². The number of anilines is 1. The van der Waals surface area contributed by atoms with Crippen LogP contribution in [0.15, 0.2) is 6.07 Å². The first kappa shape index (κ1) is 18.9. The molecule has 1 saturated heterocycles. The van der Waals surface area contributed by atoms with Crippen molar-refractivity contribution in [3.63, 3.8) is 0 Å². The van der Waals surface area contributed by atoms with Crippen molar-refractivity contribution in [1.29, 1.82) is 0 Å². The smallest absolute Gasteiger partial charge is 0.331 e. The highest BCUT2D eigenvalue weighted by Crippen LogP contribution is 2.38. The predicted octanol–water partition coefficient (Wildman–Crippen LogP) is 2.17. The molecule has 2 aliphatic carbocycles. The van der Waals surface area contributed by atoms with Gasteiger partial charge in [0.1, 0.15) is 11.0 Å². The van der Waals surface area contributed by atoms with Crippen molar-refractivity contribution >= 4 is 22.7 Å². The molecule has 6 nitrogen and oxygen atoms in total. The number of hydrogen-bond donors (Lipinski definition) is 2. The number of rotatable bonds is 6. The van der Waals surface area contributed by atoms with Crippen LogP contribution in [-0.2, 0) is 41.4 Å². The molecule has 0 aromatic heterocycles. The summed E-state index contributed by atoms with van der Waals surface area (Å²) in [6.45, 7) is 4.32. The van der Waals surface area contributed by atoms with Crippen LogP contribution in [0, 0.1) is 0 Å². The Morgan fingerprint density at radius 3 is 2.41 bits per heavy atom.